The summed E-state index contributed by atoms with van der Waals surface area (Å²) in [6, 6.07) is 4.24. The fraction of sp³-hybridized carbons (Fsp3) is 0.429. The average molecular weight is 294 g/mol. The number of nitrogens with zero attached hydrogens (tertiary/aromatic N) is 1. The molecule has 5 heteroatoms. The third kappa shape index (κ3) is 4.14. The van der Waals surface area contributed by atoms with Gasteiger partial charge in [-0.05, 0) is 31.9 Å². The van der Waals surface area contributed by atoms with Crippen LogP contribution >= 0.6 is 22.7 Å². The van der Waals surface area contributed by atoms with Gasteiger partial charge in [-0.25, -0.2) is 4.98 Å². The molecule has 0 atom stereocenters. The Morgan fingerprint density at radius 3 is 2.95 bits per heavy atom. The van der Waals surface area contributed by atoms with Gasteiger partial charge in [0.1, 0.15) is 0 Å². The second-order valence-electron chi connectivity index (χ2n) is 4.37. The van der Waals surface area contributed by atoms with Gasteiger partial charge in [0, 0.05) is 23.2 Å². The van der Waals surface area contributed by atoms with Crippen LogP contribution in [0.15, 0.2) is 17.5 Å². The first kappa shape index (κ1) is 14.2. The Hall–Kier alpha value is -1.20. The molecule has 1 N–H and O–H groups in total. The minimum atomic E-state index is 0.148. The fourth-order valence-electron chi connectivity index (χ4n) is 1.77. The van der Waals surface area contributed by atoms with E-state index >= 15 is 0 Å². The van der Waals surface area contributed by atoms with Crippen LogP contribution in [-0.2, 0) is 11.2 Å². The summed E-state index contributed by atoms with van der Waals surface area (Å²) in [7, 11) is 0. The lowest BCUT2D eigenvalue weighted by Gasteiger charge is -2.02. The lowest BCUT2D eigenvalue weighted by Crippen LogP contribution is -2.24. The van der Waals surface area contributed by atoms with E-state index in [1.165, 1.54) is 9.75 Å². The van der Waals surface area contributed by atoms with Crippen molar-refractivity contribution in [1.29, 1.82) is 0 Å². The predicted octanol–water partition coefficient (Wildman–Crippen LogP) is 3.64. The largest absolute Gasteiger partial charge is 0.356 e. The molecule has 2 rings (SSSR count). The van der Waals surface area contributed by atoms with Gasteiger partial charge in [-0.2, -0.15) is 0 Å². The van der Waals surface area contributed by atoms with Crippen LogP contribution in [0.5, 0.6) is 0 Å². The highest BCUT2D eigenvalue weighted by Crippen LogP contribution is 2.29. The molecular weight excluding hydrogens is 276 g/mol. The SMILES string of the molecule is CCCC(=O)NCCc1ccc(-c2csc(C)n2)s1. The average Bonchev–Trinajstić information content (AvgIpc) is 2.98. The number of aryl methyl sites for hydroxylation is 1. The molecule has 0 aliphatic carbocycles. The summed E-state index contributed by atoms with van der Waals surface area (Å²) in [4.78, 5) is 18.3. The first-order valence-electron chi connectivity index (χ1n) is 6.47. The monoisotopic (exact) mass is 294 g/mol. The summed E-state index contributed by atoms with van der Waals surface area (Å²) in [5, 5.41) is 6.12. The summed E-state index contributed by atoms with van der Waals surface area (Å²) in [5.74, 6) is 0.148. The molecule has 2 heterocycles. The van der Waals surface area contributed by atoms with E-state index < -0.39 is 0 Å². The van der Waals surface area contributed by atoms with E-state index in [0.717, 1.165) is 30.1 Å². The van der Waals surface area contributed by atoms with Crippen molar-refractivity contribution in [3.8, 4) is 10.6 Å². The molecule has 0 radical (unpaired) electrons. The van der Waals surface area contributed by atoms with Gasteiger partial charge < -0.3 is 5.32 Å². The Labute approximate surface area is 121 Å². The lowest BCUT2D eigenvalue weighted by molar-refractivity contribution is -0.121. The van der Waals surface area contributed by atoms with E-state index in [4.69, 9.17) is 0 Å². The molecule has 0 spiro atoms. The van der Waals surface area contributed by atoms with Crippen molar-refractivity contribution in [2.75, 3.05) is 6.54 Å². The van der Waals surface area contributed by atoms with Crippen molar-refractivity contribution in [1.82, 2.24) is 10.3 Å². The number of hydrogen-bond acceptors (Lipinski definition) is 4. The number of hydrogen-bond donors (Lipinski definition) is 1. The highest BCUT2D eigenvalue weighted by Gasteiger charge is 2.06. The molecule has 0 aliphatic heterocycles. The quantitative estimate of drug-likeness (QED) is 0.884. The molecule has 0 fully saturated rings. The van der Waals surface area contributed by atoms with E-state index in [2.05, 4.69) is 27.8 Å². The first-order chi connectivity index (χ1) is 9.19. The summed E-state index contributed by atoms with van der Waals surface area (Å²) < 4.78 is 0. The molecule has 1 amide bonds. The molecule has 3 nitrogen and oxygen atoms in total. The maximum Gasteiger partial charge on any atom is 0.219 e. The first-order valence-corrected chi connectivity index (χ1v) is 8.16. The molecular formula is C14H18N2OS2. The zero-order valence-electron chi connectivity index (χ0n) is 11.2. The van der Waals surface area contributed by atoms with Gasteiger partial charge in [0.05, 0.1) is 15.6 Å². The van der Waals surface area contributed by atoms with Gasteiger partial charge in [-0.1, -0.05) is 6.92 Å². The van der Waals surface area contributed by atoms with Gasteiger partial charge in [-0.3, -0.25) is 4.79 Å². The summed E-state index contributed by atoms with van der Waals surface area (Å²) >= 11 is 3.43. The van der Waals surface area contributed by atoms with Crippen molar-refractivity contribution in [2.45, 2.75) is 33.1 Å². The zero-order chi connectivity index (χ0) is 13.7. The topological polar surface area (TPSA) is 42.0 Å². The number of aromatic nitrogens is 1. The third-order valence-corrected chi connectivity index (χ3v) is 4.64. The lowest BCUT2D eigenvalue weighted by atomic mass is 10.3. The van der Waals surface area contributed by atoms with E-state index in [1.807, 2.05) is 13.8 Å². The van der Waals surface area contributed by atoms with E-state index in [0.29, 0.717) is 6.42 Å². The van der Waals surface area contributed by atoms with Crippen molar-refractivity contribution in [3.63, 3.8) is 0 Å². The second-order valence-corrected chi connectivity index (χ2v) is 6.60. The molecule has 0 bridgehead atoms. The zero-order valence-corrected chi connectivity index (χ0v) is 12.9. The van der Waals surface area contributed by atoms with Crippen LogP contribution < -0.4 is 5.32 Å². The molecule has 102 valence electrons. The minimum absolute atomic E-state index is 0.148. The molecule has 0 saturated carbocycles. The van der Waals surface area contributed by atoms with Crippen LogP contribution in [0.3, 0.4) is 0 Å². The van der Waals surface area contributed by atoms with Gasteiger partial charge >= 0.3 is 0 Å². The van der Waals surface area contributed by atoms with Gasteiger partial charge in [-0.15, -0.1) is 22.7 Å². The van der Waals surface area contributed by atoms with Crippen LogP contribution in [-0.4, -0.2) is 17.4 Å². The Kier molecular flexibility index (Phi) is 5.10. The Morgan fingerprint density at radius 2 is 2.26 bits per heavy atom. The Bertz CT molecular complexity index is 545. The van der Waals surface area contributed by atoms with Crippen LogP contribution in [0.4, 0.5) is 0 Å². The molecule has 0 saturated heterocycles. The van der Waals surface area contributed by atoms with Crippen molar-refractivity contribution >= 4 is 28.6 Å². The van der Waals surface area contributed by atoms with E-state index in [1.54, 1.807) is 22.7 Å². The second kappa shape index (κ2) is 6.82. The molecule has 19 heavy (non-hydrogen) atoms. The Morgan fingerprint density at radius 1 is 1.42 bits per heavy atom. The van der Waals surface area contributed by atoms with Gasteiger partial charge in [0.15, 0.2) is 0 Å². The highest BCUT2D eigenvalue weighted by molar-refractivity contribution is 7.16. The van der Waals surface area contributed by atoms with Crippen LogP contribution in [0, 0.1) is 6.92 Å². The highest BCUT2D eigenvalue weighted by atomic mass is 32.1. The van der Waals surface area contributed by atoms with E-state index in [9.17, 15) is 4.79 Å². The van der Waals surface area contributed by atoms with E-state index in [-0.39, 0.29) is 5.91 Å². The number of carbonyl (C=O) groups excluding carboxylic acids is 1. The van der Waals surface area contributed by atoms with Crippen molar-refractivity contribution in [2.24, 2.45) is 0 Å². The number of thiazole rings is 1. The molecule has 0 unspecified atom stereocenters. The number of amides is 1. The standard InChI is InChI=1S/C14H18N2OS2/c1-3-4-14(17)15-8-7-11-5-6-13(19-11)12-9-18-10(2)16-12/h5-6,9H,3-4,7-8H2,1-2H3,(H,15,17). The smallest absolute Gasteiger partial charge is 0.219 e. The van der Waals surface area contributed by atoms with Crippen LogP contribution in [0.25, 0.3) is 10.6 Å². The van der Waals surface area contributed by atoms with Crippen LogP contribution in [0.2, 0.25) is 0 Å². The number of carbonyl (C=O) groups is 1. The van der Waals surface area contributed by atoms with Crippen molar-refractivity contribution < 1.29 is 4.79 Å². The fourth-order valence-corrected chi connectivity index (χ4v) is 3.42. The van der Waals surface area contributed by atoms with Crippen LogP contribution in [0.1, 0.15) is 29.7 Å². The molecule has 2 aromatic rings. The van der Waals surface area contributed by atoms with Crippen molar-refractivity contribution in [3.05, 3.63) is 27.4 Å². The number of nitrogens with one attached hydrogen (secondary N) is 1. The van der Waals surface area contributed by atoms with Gasteiger partial charge in [0.25, 0.3) is 0 Å². The third-order valence-electron chi connectivity index (χ3n) is 2.70. The maximum absolute atomic E-state index is 11.3. The number of thiophene rings is 1. The summed E-state index contributed by atoms with van der Waals surface area (Å²) in [6.07, 6.45) is 2.41. The summed E-state index contributed by atoms with van der Waals surface area (Å²) in [5.41, 5.74) is 1.06. The van der Waals surface area contributed by atoms with Gasteiger partial charge in [0.2, 0.25) is 5.91 Å². The number of rotatable bonds is 6. The molecule has 0 aliphatic rings. The maximum atomic E-state index is 11.3. The normalized spacial score (nSPS) is 10.6. The predicted molar refractivity (Wildman–Crippen MR) is 81.8 cm³/mol. The Balaban J connectivity index is 1.86. The molecule has 0 aromatic carbocycles. The minimum Gasteiger partial charge on any atom is -0.356 e. The summed E-state index contributed by atoms with van der Waals surface area (Å²) in [6.45, 7) is 4.75. The molecule has 2 aromatic heterocycles.